The molecule has 0 saturated carbocycles. The molecule has 0 heterocycles. The zero-order valence-electron chi connectivity index (χ0n) is 8.49. The van der Waals surface area contributed by atoms with Crippen LogP contribution in [-0.4, -0.2) is 0 Å². The Balaban J connectivity index is 3.79. The SMILES string of the molecule is CC#CC(C)(C)CCC(C)C. The topological polar surface area (TPSA) is 0 Å². The van der Waals surface area contributed by atoms with E-state index in [1.54, 1.807) is 0 Å². The number of rotatable bonds is 3. The predicted molar refractivity (Wildman–Crippen MR) is 51.3 cm³/mol. The van der Waals surface area contributed by atoms with Crippen LogP contribution < -0.4 is 0 Å². The fourth-order valence-corrected chi connectivity index (χ4v) is 1.05. The predicted octanol–water partition coefficient (Wildman–Crippen LogP) is 3.47. The summed E-state index contributed by atoms with van der Waals surface area (Å²) in [5, 5.41) is 0. The normalized spacial score (nSPS) is 11.1. The van der Waals surface area contributed by atoms with Gasteiger partial charge in [0.05, 0.1) is 0 Å². The Morgan fingerprint density at radius 3 is 2.18 bits per heavy atom. The van der Waals surface area contributed by atoms with Crippen LogP contribution in [0, 0.1) is 23.2 Å². The van der Waals surface area contributed by atoms with E-state index in [4.69, 9.17) is 0 Å². The van der Waals surface area contributed by atoms with E-state index in [1.165, 1.54) is 12.8 Å². The lowest BCUT2D eigenvalue weighted by Gasteiger charge is -2.18. The molecule has 0 N–H and O–H groups in total. The summed E-state index contributed by atoms with van der Waals surface area (Å²) < 4.78 is 0. The maximum absolute atomic E-state index is 3.23. The molecule has 0 aromatic rings. The molecule has 0 unspecified atom stereocenters. The molecule has 0 bridgehead atoms. The van der Waals surface area contributed by atoms with Gasteiger partial charge in [0.15, 0.2) is 0 Å². The first-order valence-corrected chi connectivity index (χ1v) is 4.42. The van der Waals surface area contributed by atoms with Gasteiger partial charge >= 0.3 is 0 Å². The summed E-state index contributed by atoms with van der Waals surface area (Å²) in [5.74, 6) is 7.01. The van der Waals surface area contributed by atoms with E-state index in [9.17, 15) is 0 Å². The standard InChI is InChI=1S/C11H20/c1-6-8-11(4,5)9-7-10(2)3/h10H,7,9H2,1-5H3. The van der Waals surface area contributed by atoms with E-state index in [0.717, 1.165) is 5.92 Å². The molecule has 0 amide bonds. The van der Waals surface area contributed by atoms with Crippen LogP contribution in [0.3, 0.4) is 0 Å². The summed E-state index contributed by atoms with van der Waals surface area (Å²) in [4.78, 5) is 0. The fraction of sp³-hybridized carbons (Fsp3) is 0.818. The largest absolute Gasteiger partial charge is 0.106 e. The van der Waals surface area contributed by atoms with Crippen molar-refractivity contribution in [1.29, 1.82) is 0 Å². The van der Waals surface area contributed by atoms with Crippen LogP contribution in [0.4, 0.5) is 0 Å². The zero-order valence-corrected chi connectivity index (χ0v) is 8.49. The second-order valence-corrected chi connectivity index (χ2v) is 4.19. The Kier molecular flexibility index (Phi) is 4.26. The highest BCUT2D eigenvalue weighted by atomic mass is 14.2. The lowest BCUT2D eigenvalue weighted by molar-refractivity contribution is 0.398. The van der Waals surface area contributed by atoms with Crippen LogP contribution in [0.2, 0.25) is 0 Å². The molecule has 0 aliphatic carbocycles. The van der Waals surface area contributed by atoms with E-state index in [2.05, 4.69) is 39.5 Å². The molecule has 0 radical (unpaired) electrons. The van der Waals surface area contributed by atoms with Crippen molar-refractivity contribution in [2.75, 3.05) is 0 Å². The second kappa shape index (κ2) is 4.44. The van der Waals surface area contributed by atoms with Crippen molar-refractivity contribution in [2.24, 2.45) is 11.3 Å². The lowest BCUT2D eigenvalue weighted by atomic mass is 9.86. The van der Waals surface area contributed by atoms with Gasteiger partial charge in [0, 0.05) is 5.41 Å². The minimum atomic E-state index is 0.221. The second-order valence-electron chi connectivity index (χ2n) is 4.19. The number of hydrogen-bond acceptors (Lipinski definition) is 0. The highest BCUT2D eigenvalue weighted by Gasteiger charge is 2.13. The van der Waals surface area contributed by atoms with Crippen molar-refractivity contribution in [3.8, 4) is 11.8 Å². The molecule has 11 heavy (non-hydrogen) atoms. The third-order valence-corrected chi connectivity index (χ3v) is 1.81. The summed E-state index contributed by atoms with van der Waals surface area (Å²) in [6.07, 6.45) is 2.49. The van der Waals surface area contributed by atoms with Crippen LogP contribution in [0.5, 0.6) is 0 Å². The Morgan fingerprint density at radius 1 is 1.27 bits per heavy atom. The van der Waals surface area contributed by atoms with E-state index >= 15 is 0 Å². The molecule has 0 heteroatoms. The van der Waals surface area contributed by atoms with Gasteiger partial charge in [-0.3, -0.25) is 0 Å². The van der Waals surface area contributed by atoms with Gasteiger partial charge in [-0.1, -0.05) is 19.8 Å². The molecule has 64 valence electrons. The van der Waals surface area contributed by atoms with Gasteiger partial charge in [0.1, 0.15) is 0 Å². The third-order valence-electron chi connectivity index (χ3n) is 1.81. The molecule has 0 aliphatic heterocycles. The molecule has 0 aromatic heterocycles. The zero-order chi connectivity index (χ0) is 8.91. The van der Waals surface area contributed by atoms with Crippen LogP contribution in [0.1, 0.15) is 47.5 Å². The van der Waals surface area contributed by atoms with Gasteiger partial charge in [-0.2, -0.15) is 0 Å². The average molecular weight is 152 g/mol. The first-order chi connectivity index (χ1) is 4.98. The fourth-order valence-electron chi connectivity index (χ4n) is 1.05. The third kappa shape index (κ3) is 5.98. The molecule has 0 aromatic carbocycles. The monoisotopic (exact) mass is 152 g/mol. The Hall–Kier alpha value is -0.440. The summed E-state index contributed by atoms with van der Waals surface area (Å²) in [6.45, 7) is 10.9. The quantitative estimate of drug-likeness (QED) is 0.543. The van der Waals surface area contributed by atoms with Gasteiger partial charge in [0.25, 0.3) is 0 Å². The molecule has 0 nitrogen and oxygen atoms in total. The highest BCUT2D eigenvalue weighted by Crippen LogP contribution is 2.23. The minimum Gasteiger partial charge on any atom is -0.106 e. The Labute approximate surface area is 71.4 Å². The van der Waals surface area contributed by atoms with Gasteiger partial charge in [0.2, 0.25) is 0 Å². The van der Waals surface area contributed by atoms with Crippen LogP contribution in [0.15, 0.2) is 0 Å². The molecule has 0 spiro atoms. The van der Waals surface area contributed by atoms with Crippen molar-refractivity contribution in [3.63, 3.8) is 0 Å². The number of hydrogen-bond donors (Lipinski definition) is 0. The van der Waals surface area contributed by atoms with Crippen molar-refractivity contribution >= 4 is 0 Å². The van der Waals surface area contributed by atoms with Crippen molar-refractivity contribution < 1.29 is 0 Å². The van der Waals surface area contributed by atoms with Gasteiger partial charge in [-0.15, -0.1) is 5.92 Å². The molecule has 0 rings (SSSR count). The molecule has 0 aliphatic rings. The summed E-state index contributed by atoms with van der Waals surface area (Å²) in [7, 11) is 0. The summed E-state index contributed by atoms with van der Waals surface area (Å²) >= 11 is 0. The van der Waals surface area contributed by atoms with Crippen LogP contribution in [0.25, 0.3) is 0 Å². The van der Waals surface area contributed by atoms with Crippen LogP contribution in [-0.2, 0) is 0 Å². The Bertz CT molecular complexity index is 153. The lowest BCUT2D eigenvalue weighted by Crippen LogP contribution is -2.09. The molecule has 0 saturated heterocycles. The van der Waals surface area contributed by atoms with E-state index in [0.29, 0.717) is 0 Å². The van der Waals surface area contributed by atoms with E-state index < -0.39 is 0 Å². The van der Waals surface area contributed by atoms with Crippen LogP contribution >= 0.6 is 0 Å². The van der Waals surface area contributed by atoms with Gasteiger partial charge in [-0.05, 0) is 39.5 Å². The highest BCUT2D eigenvalue weighted by molar-refractivity contribution is 5.06. The maximum Gasteiger partial charge on any atom is 0.0258 e. The summed E-state index contributed by atoms with van der Waals surface area (Å²) in [6, 6.07) is 0. The van der Waals surface area contributed by atoms with Crippen molar-refractivity contribution in [2.45, 2.75) is 47.5 Å². The van der Waals surface area contributed by atoms with Crippen molar-refractivity contribution in [3.05, 3.63) is 0 Å². The molecule has 0 fully saturated rings. The first-order valence-electron chi connectivity index (χ1n) is 4.42. The summed E-state index contributed by atoms with van der Waals surface area (Å²) in [5.41, 5.74) is 0.221. The van der Waals surface area contributed by atoms with Crippen molar-refractivity contribution in [1.82, 2.24) is 0 Å². The van der Waals surface area contributed by atoms with Gasteiger partial charge < -0.3 is 0 Å². The van der Waals surface area contributed by atoms with E-state index in [1.807, 2.05) is 6.92 Å². The molecular formula is C11H20. The smallest absolute Gasteiger partial charge is 0.0258 e. The average Bonchev–Trinajstić information content (AvgIpc) is 1.84. The Morgan fingerprint density at radius 2 is 1.82 bits per heavy atom. The van der Waals surface area contributed by atoms with Gasteiger partial charge in [-0.25, -0.2) is 0 Å². The first kappa shape index (κ1) is 10.6. The minimum absolute atomic E-state index is 0.221. The molecule has 0 atom stereocenters. The maximum atomic E-state index is 3.23. The van der Waals surface area contributed by atoms with E-state index in [-0.39, 0.29) is 5.41 Å². The molecular weight excluding hydrogens is 132 g/mol.